The van der Waals surface area contributed by atoms with Gasteiger partial charge in [0.2, 0.25) is 0 Å². The zero-order valence-corrected chi connectivity index (χ0v) is 17.3. The molecule has 5 rings (SSSR count). The Morgan fingerprint density at radius 2 is 2.00 bits per heavy atom. The number of aromatic nitrogens is 3. The van der Waals surface area contributed by atoms with Gasteiger partial charge < -0.3 is 4.40 Å². The predicted molar refractivity (Wildman–Crippen MR) is 115 cm³/mol. The molecule has 0 saturated carbocycles. The molecule has 0 spiro atoms. The summed E-state index contributed by atoms with van der Waals surface area (Å²) in [5.74, 6) is 0.601. The number of pyridine rings is 2. The normalized spacial score (nSPS) is 13.8. The van der Waals surface area contributed by atoms with Gasteiger partial charge in [0, 0.05) is 47.5 Å². The highest BCUT2D eigenvalue weighted by Gasteiger charge is 2.32. The van der Waals surface area contributed by atoms with E-state index in [2.05, 4.69) is 9.97 Å². The summed E-state index contributed by atoms with van der Waals surface area (Å²) in [6.45, 7) is 0.310. The minimum atomic E-state index is -3.90. The largest absolute Gasteiger partial charge is 0.307 e. The maximum absolute atomic E-state index is 13.4. The molecule has 9 heteroatoms. The van der Waals surface area contributed by atoms with Crippen molar-refractivity contribution < 1.29 is 8.42 Å². The average molecular weight is 434 g/mol. The van der Waals surface area contributed by atoms with Crippen LogP contribution in [-0.2, 0) is 10.0 Å². The second-order valence-corrected chi connectivity index (χ2v) is 9.61. The zero-order valence-electron chi connectivity index (χ0n) is 15.6. The number of hydrogen-bond acceptors (Lipinski definition) is 6. The monoisotopic (exact) mass is 433 g/mol. The second kappa shape index (κ2) is 7.16. The van der Waals surface area contributed by atoms with E-state index in [4.69, 9.17) is 0 Å². The number of nitrogens with zero attached hydrogens (tertiary/aromatic N) is 5. The molecule has 0 bridgehead atoms. The Labute approximate surface area is 177 Å². The minimum Gasteiger partial charge on any atom is -0.307 e. The van der Waals surface area contributed by atoms with Crippen molar-refractivity contribution >= 4 is 33.1 Å². The molecule has 1 aliphatic rings. The number of anilines is 1. The van der Waals surface area contributed by atoms with Gasteiger partial charge in [0.1, 0.15) is 16.6 Å². The lowest BCUT2D eigenvalue weighted by molar-refractivity contribution is 0.591. The third-order valence-corrected chi connectivity index (χ3v) is 7.95. The maximum Gasteiger partial charge on any atom is 0.265 e. The molecule has 30 heavy (non-hydrogen) atoms. The second-order valence-electron chi connectivity index (χ2n) is 6.68. The van der Waals surface area contributed by atoms with Gasteiger partial charge in [-0.3, -0.25) is 9.29 Å². The van der Waals surface area contributed by atoms with Crippen LogP contribution >= 0.6 is 11.8 Å². The molecule has 3 aromatic heterocycles. The molecule has 1 aliphatic heterocycles. The molecule has 4 aromatic rings. The van der Waals surface area contributed by atoms with Gasteiger partial charge in [0.05, 0.1) is 17.4 Å². The van der Waals surface area contributed by atoms with Crippen LogP contribution < -0.4 is 4.31 Å². The van der Waals surface area contributed by atoms with Crippen molar-refractivity contribution in [1.82, 2.24) is 14.4 Å². The van der Waals surface area contributed by atoms with Crippen LogP contribution in [0.1, 0.15) is 5.56 Å². The van der Waals surface area contributed by atoms with E-state index in [1.54, 1.807) is 42.5 Å². The number of benzene rings is 1. The number of fused-ring (bicyclic) bond motifs is 2. The van der Waals surface area contributed by atoms with Crippen LogP contribution in [0.25, 0.3) is 16.8 Å². The molecule has 0 fully saturated rings. The Balaban J connectivity index is 1.65. The molecule has 4 heterocycles. The first-order valence-electron chi connectivity index (χ1n) is 9.15. The lowest BCUT2D eigenvalue weighted by atomic mass is 10.1. The molecular weight excluding hydrogens is 418 g/mol. The van der Waals surface area contributed by atoms with Gasteiger partial charge in [0.15, 0.2) is 0 Å². The summed E-state index contributed by atoms with van der Waals surface area (Å²) in [5.41, 5.74) is 3.24. The Bertz CT molecular complexity index is 1420. The number of rotatable bonds is 3. The molecule has 0 saturated heterocycles. The Morgan fingerprint density at radius 3 is 2.87 bits per heavy atom. The van der Waals surface area contributed by atoms with E-state index in [1.807, 2.05) is 35.0 Å². The van der Waals surface area contributed by atoms with E-state index in [9.17, 15) is 13.7 Å². The maximum atomic E-state index is 13.4. The fourth-order valence-electron chi connectivity index (χ4n) is 3.55. The Hall–Kier alpha value is -3.35. The van der Waals surface area contributed by atoms with E-state index >= 15 is 0 Å². The summed E-state index contributed by atoms with van der Waals surface area (Å²) in [6.07, 6.45) is 8.84. The van der Waals surface area contributed by atoms with Crippen LogP contribution in [0.3, 0.4) is 0 Å². The number of hydrogen-bond donors (Lipinski definition) is 0. The van der Waals surface area contributed by atoms with E-state index in [0.29, 0.717) is 18.0 Å². The Kier molecular flexibility index (Phi) is 4.46. The van der Waals surface area contributed by atoms with Gasteiger partial charge in [0.25, 0.3) is 10.0 Å². The topological polar surface area (TPSA) is 91.4 Å². The SMILES string of the molecule is N#Cc1ccccc1S(=O)(=O)N1CCSc2c(-c3ccn4ccnc4c3)cncc21. The molecule has 0 aliphatic carbocycles. The number of nitriles is 1. The lowest BCUT2D eigenvalue weighted by Gasteiger charge is -2.31. The van der Waals surface area contributed by atoms with Gasteiger partial charge in [-0.2, -0.15) is 5.26 Å². The van der Waals surface area contributed by atoms with Crippen molar-refractivity contribution in [1.29, 1.82) is 5.26 Å². The van der Waals surface area contributed by atoms with Crippen molar-refractivity contribution in [2.75, 3.05) is 16.6 Å². The molecule has 0 radical (unpaired) electrons. The van der Waals surface area contributed by atoms with E-state index in [-0.39, 0.29) is 10.5 Å². The van der Waals surface area contributed by atoms with Crippen LogP contribution in [0.5, 0.6) is 0 Å². The van der Waals surface area contributed by atoms with Gasteiger partial charge >= 0.3 is 0 Å². The van der Waals surface area contributed by atoms with E-state index in [1.165, 1.54) is 16.4 Å². The number of thioether (sulfide) groups is 1. The number of sulfonamides is 1. The van der Waals surface area contributed by atoms with Crippen molar-refractivity contribution in [2.45, 2.75) is 9.79 Å². The zero-order chi connectivity index (χ0) is 20.7. The van der Waals surface area contributed by atoms with Crippen molar-refractivity contribution in [2.24, 2.45) is 0 Å². The molecule has 1 aromatic carbocycles. The smallest absolute Gasteiger partial charge is 0.265 e. The first-order valence-corrected chi connectivity index (χ1v) is 11.6. The van der Waals surface area contributed by atoms with E-state index < -0.39 is 10.0 Å². The Morgan fingerprint density at radius 1 is 1.13 bits per heavy atom. The number of imidazole rings is 1. The summed E-state index contributed by atoms with van der Waals surface area (Å²) in [6, 6.07) is 12.2. The van der Waals surface area contributed by atoms with Gasteiger partial charge in [-0.15, -0.1) is 11.8 Å². The summed E-state index contributed by atoms with van der Waals surface area (Å²) in [4.78, 5) is 9.52. The van der Waals surface area contributed by atoms with Crippen LogP contribution in [0.2, 0.25) is 0 Å². The summed E-state index contributed by atoms with van der Waals surface area (Å²) >= 11 is 1.60. The van der Waals surface area contributed by atoms with Crippen LogP contribution in [0.15, 0.2) is 77.2 Å². The first-order chi connectivity index (χ1) is 14.6. The summed E-state index contributed by atoms with van der Waals surface area (Å²) in [5, 5.41) is 9.38. The fraction of sp³-hybridized carbons (Fsp3) is 0.0952. The predicted octanol–water partition coefficient (Wildman–Crippen LogP) is 3.57. The third kappa shape index (κ3) is 2.93. The standard InChI is InChI=1S/C21H15N5O2S2/c22-12-16-3-1-2-4-19(16)30(27,28)26-9-10-29-21-17(13-23-14-18(21)26)15-5-7-25-8-6-24-20(25)11-15/h1-8,11,13-14H,9-10H2. The van der Waals surface area contributed by atoms with Gasteiger partial charge in [-0.05, 0) is 29.8 Å². The van der Waals surface area contributed by atoms with E-state index in [0.717, 1.165) is 21.7 Å². The molecule has 0 N–H and O–H groups in total. The van der Waals surface area contributed by atoms with Crippen molar-refractivity contribution in [3.63, 3.8) is 0 Å². The molecule has 0 amide bonds. The molecule has 0 atom stereocenters. The highest BCUT2D eigenvalue weighted by atomic mass is 32.2. The molecule has 7 nitrogen and oxygen atoms in total. The van der Waals surface area contributed by atoms with Crippen LogP contribution in [0.4, 0.5) is 5.69 Å². The van der Waals surface area contributed by atoms with Crippen molar-refractivity contribution in [3.05, 3.63) is 72.9 Å². The molecule has 0 unspecified atom stereocenters. The lowest BCUT2D eigenvalue weighted by Crippen LogP contribution is -2.36. The van der Waals surface area contributed by atoms with Crippen LogP contribution in [-0.4, -0.2) is 35.1 Å². The molecular formula is C21H15N5O2S2. The van der Waals surface area contributed by atoms with Gasteiger partial charge in [-0.25, -0.2) is 13.4 Å². The minimum absolute atomic E-state index is 0.00885. The summed E-state index contributed by atoms with van der Waals surface area (Å²) < 4.78 is 30.2. The molecule has 148 valence electrons. The van der Waals surface area contributed by atoms with Gasteiger partial charge in [-0.1, -0.05) is 12.1 Å². The highest BCUT2D eigenvalue weighted by molar-refractivity contribution is 8.00. The van der Waals surface area contributed by atoms with Crippen LogP contribution in [0, 0.1) is 11.3 Å². The van der Waals surface area contributed by atoms with Crippen molar-refractivity contribution in [3.8, 4) is 17.2 Å². The third-order valence-electron chi connectivity index (χ3n) is 4.97. The quantitative estimate of drug-likeness (QED) is 0.491. The summed E-state index contributed by atoms with van der Waals surface area (Å²) in [7, 11) is -3.90. The average Bonchev–Trinajstić information content (AvgIpc) is 3.26. The fourth-order valence-corrected chi connectivity index (χ4v) is 6.45. The first kappa shape index (κ1) is 18.7. The highest BCUT2D eigenvalue weighted by Crippen LogP contribution is 2.43.